The van der Waals surface area contributed by atoms with Gasteiger partial charge in [0.15, 0.2) is 22.3 Å². The van der Waals surface area contributed by atoms with Crippen molar-refractivity contribution in [3.8, 4) is 11.5 Å². The minimum Gasteiger partial charge on any atom is -0.490 e. The SMILES string of the molecule is COC(=O)c1cc(C)nc2nc(SCC(=O)Nc3cc4c(cc3Cl)OCCCO4)[nH]c(=O)c12. The number of thioether (sulfide) groups is 1. The van der Waals surface area contributed by atoms with Crippen LogP contribution in [0.25, 0.3) is 11.0 Å². The van der Waals surface area contributed by atoms with Gasteiger partial charge in [0.1, 0.15) is 0 Å². The molecule has 172 valence electrons. The van der Waals surface area contributed by atoms with Crippen molar-refractivity contribution >= 4 is 52.0 Å². The minimum absolute atomic E-state index is 0.0280. The molecule has 0 saturated heterocycles. The van der Waals surface area contributed by atoms with E-state index in [-0.39, 0.29) is 33.4 Å². The Morgan fingerprint density at radius 3 is 2.67 bits per heavy atom. The molecular weight excluding hydrogens is 472 g/mol. The Balaban J connectivity index is 1.51. The molecule has 0 bridgehead atoms. The molecule has 3 heterocycles. The second kappa shape index (κ2) is 9.67. The number of aromatic nitrogens is 3. The average Bonchev–Trinajstić information content (AvgIpc) is 3.01. The van der Waals surface area contributed by atoms with E-state index in [1.165, 1.54) is 13.2 Å². The summed E-state index contributed by atoms with van der Waals surface area (Å²) in [5.41, 5.74) is 0.493. The molecule has 3 aromatic rings. The van der Waals surface area contributed by atoms with Gasteiger partial charge in [0.25, 0.3) is 5.56 Å². The number of carbonyl (C=O) groups excluding carboxylic acids is 2. The monoisotopic (exact) mass is 490 g/mol. The number of anilines is 1. The Kier molecular flexibility index (Phi) is 6.70. The van der Waals surface area contributed by atoms with E-state index in [0.29, 0.717) is 41.1 Å². The molecule has 0 unspecified atom stereocenters. The maximum Gasteiger partial charge on any atom is 0.338 e. The van der Waals surface area contributed by atoms with Crippen molar-refractivity contribution < 1.29 is 23.8 Å². The van der Waals surface area contributed by atoms with Crippen molar-refractivity contribution in [1.29, 1.82) is 0 Å². The first-order valence-corrected chi connectivity index (χ1v) is 11.2. The largest absolute Gasteiger partial charge is 0.490 e. The molecule has 0 radical (unpaired) electrons. The number of amides is 1. The number of fused-ring (bicyclic) bond motifs is 2. The van der Waals surface area contributed by atoms with E-state index in [1.54, 1.807) is 19.1 Å². The fraction of sp³-hybridized carbons (Fsp3) is 0.286. The molecule has 12 heteroatoms. The van der Waals surface area contributed by atoms with E-state index >= 15 is 0 Å². The van der Waals surface area contributed by atoms with Crippen molar-refractivity contribution in [2.45, 2.75) is 18.5 Å². The molecule has 2 N–H and O–H groups in total. The molecule has 0 spiro atoms. The van der Waals surface area contributed by atoms with E-state index in [2.05, 4.69) is 20.3 Å². The number of aromatic amines is 1. The highest BCUT2D eigenvalue weighted by atomic mass is 35.5. The van der Waals surface area contributed by atoms with Crippen LogP contribution in [0.15, 0.2) is 28.2 Å². The molecule has 10 nitrogen and oxygen atoms in total. The minimum atomic E-state index is -0.662. The van der Waals surface area contributed by atoms with Crippen LogP contribution in [0.5, 0.6) is 11.5 Å². The number of hydrogen-bond acceptors (Lipinski definition) is 9. The summed E-state index contributed by atoms with van der Waals surface area (Å²) in [7, 11) is 1.23. The number of nitrogens with one attached hydrogen (secondary N) is 2. The molecular formula is C21H19ClN4O6S. The molecule has 1 aromatic carbocycles. The first kappa shape index (κ1) is 22.9. The number of rotatable bonds is 5. The van der Waals surface area contributed by atoms with Crippen LogP contribution in [-0.2, 0) is 9.53 Å². The van der Waals surface area contributed by atoms with Crippen LogP contribution >= 0.6 is 23.4 Å². The van der Waals surface area contributed by atoms with Gasteiger partial charge in [0.05, 0.1) is 47.7 Å². The molecule has 0 aliphatic carbocycles. The van der Waals surface area contributed by atoms with E-state index < -0.39 is 11.5 Å². The van der Waals surface area contributed by atoms with Crippen molar-refractivity contribution in [3.63, 3.8) is 0 Å². The molecule has 4 rings (SSSR count). The second-order valence-corrected chi connectivity index (χ2v) is 8.41. The summed E-state index contributed by atoms with van der Waals surface area (Å²) in [5.74, 6) is -0.0640. The number of nitrogens with zero attached hydrogens (tertiary/aromatic N) is 2. The molecule has 0 atom stereocenters. The molecule has 1 aliphatic rings. The fourth-order valence-electron chi connectivity index (χ4n) is 3.18. The van der Waals surface area contributed by atoms with Crippen LogP contribution in [0.4, 0.5) is 5.69 Å². The molecule has 2 aromatic heterocycles. The van der Waals surface area contributed by atoms with Gasteiger partial charge in [0.2, 0.25) is 5.91 Å². The number of pyridine rings is 1. The van der Waals surface area contributed by atoms with Gasteiger partial charge in [0, 0.05) is 24.2 Å². The summed E-state index contributed by atoms with van der Waals surface area (Å²) >= 11 is 7.27. The van der Waals surface area contributed by atoms with Gasteiger partial charge < -0.3 is 24.5 Å². The summed E-state index contributed by atoms with van der Waals surface area (Å²) in [6.07, 6.45) is 0.747. The number of H-pyrrole nitrogens is 1. The van der Waals surface area contributed by atoms with Crippen molar-refractivity contribution in [2.24, 2.45) is 0 Å². The number of hydrogen-bond donors (Lipinski definition) is 2. The first-order chi connectivity index (χ1) is 15.9. The van der Waals surface area contributed by atoms with Crippen LogP contribution in [0.3, 0.4) is 0 Å². The second-order valence-electron chi connectivity index (χ2n) is 7.04. The summed E-state index contributed by atoms with van der Waals surface area (Å²) in [4.78, 5) is 48.2. The molecule has 1 aliphatic heterocycles. The van der Waals surface area contributed by atoms with Crippen molar-refractivity contribution in [1.82, 2.24) is 15.0 Å². The fourth-order valence-corrected chi connectivity index (χ4v) is 4.04. The topological polar surface area (TPSA) is 132 Å². The Hall–Kier alpha value is -3.31. The Bertz CT molecular complexity index is 1310. The van der Waals surface area contributed by atoms with Crippen LogP contribution in [0.1, 0.15) is 22.5 Å². The highest BCUT2D eigenvalue weighted by Crippen LogP contribution is 2.37. The maximum absolute atomic E-state index is 12.6. The third-order valence-electron chi connectivity index (χ3n) is 4.64. The molecule has 0 fully saturated rings. The number of methoxy groups -OCH3 is 1. The smallest absolute Gasteiger partial charge is 0.338 e. The lowest BCUT2D eigenvalue weighted by molar-refractivity contribution is -0.113. The average molecular weight is 491 g/mol. The Morgan fingerprint density at radius 1 is 1.21 bits per heavy atom. The summed E-state index contributed by atoms with van der Waals surface area (Å²) in [6.45, 7) is 2.70. The van der Waals surface area contributed by atoms with Gasteiger partial charge in [-0.15, -0.1) is 0 Å². The van der Waals surface area contributed by atoms with Crippen molar-refractivity contribution in [2.75, 3.05) is 31.4 Å². The number of halogens is 1. The number of carbonyl (C=O) groups is 2. The normalized spacial score (nSPS) is 12.8. The highest BCUT2D eigenvalue weighted by molar-refractivity contribution is 7.99. The number of ether oxygens (including phenoxy) is 3. The predicted octanol–water partition coefficient (Wildman–Crippen LogP) is 2.96. The Morgan fingerprint density at radius 2 is 1.94 bits per heavy atom. The maximum atomic E-state index is 12.6. The van der Waals surface area contributed by atoms with Gasteiger partial charge in [-0.1, -0.05) is 23.4 Å². The molecule has 0 saturated carbocycles. The van der Waals surface area contributed by atoms with Gasteiger partial charge in [-0.3, -0.25) is 9.59 Å². The number of benzene rings is 1. The standard InChI is InChI=1S/C21H19ClN4O6S/c1-10-6-11(20(29)30-2)17-18(23-10)25-21(26-19(17)28)33-9-16(27)24-13-8-15-14(7-12(13)22)31-4-3-5-32-15/h6-8H,3-5,9H2,1-2H3,(H,24,27)(H,23,25,26,28). The van der Waals surface area contributed by atoms with E-state index in [1.807, 2.05) is 0 Å². The van der Waals surface area contributed by atoms with Crippen LogP contribution < -0.4 is 20.3 Å². The zero-order valence-electron chi connectivity index (χ0n) is 17.7. The zero-order valence-corrected chi connectivity index (χ0v) is 19.3. The lowest BCUT2D eigenvalue weighted by atomic mass is 10.1. The summed E-state index contributed by atoms with van der Waals surface area (Å²) in [6, 6.07) is 4.67. The van der Waals surface area contributed by atoms with Crippen LogP contribution in [-0.4, -0.2) is 52.9 Å². The van der Waals surface area contributed by atoms with Gasteiger partial charge in [-0.25, -0.2) is 14.8 Å². The third kappa shape index (κ3) is 5.04. The number of aryl methyl sites for hydroxylation is 1. The Labute approximate surface area is 197 Å². The van der Waals surface area contributed by atoms with E-state index in [4.69, 9.17) is 25.8 Å². The van der Waals surface area contributed by atoms with Gasteiger partial charge in [-0.05, 0) is 13.0 Å². The number of esters is 1. The third-order valence-corrected chi connectivity index (χ3v) is 5.83. The summed E-state index contributed by atoms with van der Waals surface area (Å²) < 4.78 is 15.9. The first-order valence-electron chi connectivity index (χ1n) is 9.87. The molecule has 33 heavy (non-hydrogen) atoms. The lowest BCUT2D eigenvalue weighted by Crippen LogP contribution is -2.18. The highest BCUT2D eigenvalue weighted by Gasteiger charge is 2.19. The van der Waals surface area contributed by atoms with Gasteiger partial charge in [-0.2, -0.15) is 0 Å². The summed E-state index contributed by atoms with van der Waals surface area (Å²) in [5, 5.41) is 3.24. The van der Waals surface area contributed by atoms with Crippen LogP contribution in [0, 0.1) is 6.92 Å². The van der Waals surface area contributed by atoms with Crippen LogP contribution in [0.2, 0.25) is 5.02 Å². The van der Waals surface area contributed by atoms with Crippen molar-refractivity contribution in [3.05, 3.63) is 44.8 Å². The van der Waals surface area contributed by atoms with E-state index in [9.17, 15) is 14.4 Å². The van der Waals surface area contributed by atoms with Gasteiger partial charge >= 0.3 is 5.97 Å². The predicted molar refractivity (Wildman–Crippen MR) is 123 cm³/mol. The quantitative estimate of drug-likeness (QED) is 0.314. The molecule has 1 amide bonds. The lowest BCUT2D eigenvalue weighted by Gasteiger charge is -2.12. The zero-order chi connectivity index (χ0) is 23.5. The van der Waals surface area contributed by atoms with E-state index in [0.717, 1.165) is 18.2 Å².